The van der Waals surface area contributed by atoms with E-state index < -0.39 is 0 Å². The number of nitrogens with one attached hydrogen (secondary N) is 1. The second-order valence-corrected chi connectivity index (χ2v) is 2.13. The Balaban J connectivity index is 2.99. The van der Waals surface area contributed by atoms with Gasteiger partial charge in [-0.25, -0.2) is 0 Å². The van der Waals surface area contributed by atoms with Gasteiger partial charge in [0.2, 0.25) is 0 Å². The summed E-state index contributed by atoms with van der Waals surface area (Å²) in [5.74, 6) is 0. The first kappa shape index (κ1) is 7.85. The van der Waals surface area contributed by atoms with E-state index in [0.717, 1.165) is 19.3 Å². The van der Waals surface area contributed by atoms with E-state index in [4.69, 9.17) is 5.21 Å². The van der Waals surface area contributed by atoms with Gasteiger partial charge in [0, 0.05) is 0 Å². The van der Waals surface area contributed by atoms with Gasteiger partial charge >= 0.3 is 0 Å². The zero-order chi connectivity index (χ0) is 6.41. The van der Waals surface area contributed by atoms with Gasteiger partial charge < -0.3 is 0 Å². The minimum Gasteiger partial charge on any atom is -0.291 e. The maximum Gasteiger partial charge on any atom is 0.100 e. The van der Waals surface area contributed by atoms with Crippen LogP contribution in [0.3, 0.4) is 0 Å². The highest BCUT2D eigenvalue weighted by molar-refractivity contribution is 7.80. The van der Waals surface area contributed by atoms with E-state index >= 15 is 0 Å². The molecule has 0 rings (SSSR count). The summed E-state index contributed by atoms with van der Waals surface area (Å²) in [6.45, 7) is 2.08. The van der Waals surface area contributed by atoms with Crippen LogP contribution >= 0.6 is 12.2 Å². The first-order valence-corrected chi connectivity index (χ1v) is 3.15. The Labute approximate surface area is 54.9 Å². The summed E-state index contributed by atoms with van der Waals surface area (Å²) < 4.78 is 0. The lowest BCUT2D eigenvalue weighted by Crippen LogP contribution is -2.15. The molecule has 0 aromatic heterocycles. The molecule has 2 N–H and O–H groups in total. The molecule has 0 aliphatic rings. The van der Waals surface area contributed by atoms with Gasteiger partial charge in [0.05, 0.1) is 0 Å². The molecule has 0 spiro atoms. The highest BCUT2D eigenvalue weighted by Gasteiger charge is 1.89. The lowest BCUT2D eigenvalue weighted by Gasteiger charge is -1.96. The van der Waals surface area contributed by atoms with Gasteiger partial charge in [-0.1, -0.05) is 25.6 Å². The number of hydroxylamine groups is 1. The van der Waals surface area contributed by atoms with Crippen LogP contribution in [0.1, 0.15) is 26.2 Å². The van der Waals surface area contributed by atoms with E-state index in [0.29, 0.717) is 4.99 Å². The van der Waals surface area contributed by atoms with Crippen molar-refractivity contribution < 1.29 is 5.21 Å². The molecule has 48 valence electrons. The highest BCUT2D eigenvalue weighted by atomic mass is 32.1. The number of thiocarbonyl (C=S) groups is 1. The maximum atomic E-state index is 8.17. The van der Waals surface area contributed by atoms with Crippen molar-refractivity contribution in [3.8, 4) is 0 Å². The van der Waals surface area contributed by atoms with Crippen LogP contribution in [0.5, 0.6) is 0 Å². The van der Waals surface area contributed by atoms with E-state index in [2.05, 4.69) is 19.1 Å². The van der Waals surface area contributed by atoms with Crippen LogP contribution in [0.25, 0.3) is 0 Å². The minimum atomic E-state index is 0.534. The molecule has 0 saturated carbocycles. The Morgan fingerprint density at radius 3 is 2.75 bits per heavy atom. The highest BCUT2D eigenvalue weighted by Crippen LogP contribution is 1.93. The lowest BCUT2D eigenvalue weighted by molar-refractivity contribution is 0.234. The fourth-order valence-electron chi connectivity index (χ4n) is 0.393. The molecular weight excluding hydrogens is 122 g/mol. The van der Waals surface area contributed by atoms with Crippen molar-refractivity contribution in [2.24, 2.45) is 0 Å². The Morgan fingerprint density at radius 2 is 2.38 bits per heavy atom. The molecular formula is C5H11NOS. The van der Waals surface area contributed by atoms with Gasteiger partial charge in [-0.3, -0.25) is 10.7 Å². The number of hydrogen-bond donors (Lipinski definition) is 2. The van der Waals surface area contributed by atoms with Crippen molar-refractivity contribution in [2.45, 2.75) is 26.2 Å². The summed E-state index contributed by atoms with van der Waals surface area (Å²) in [4.78, 5) is 0.534. The van der Waals surface area contributed by atoms with Crippen LogP contribution < -0.4 is 5.48 Å². The van der Waals surface area contributed by atoms with Gasteiger partial charge in [0.25, 0.3) is 0 Å². The number of rotatable bonds is 3. The first-order valence-electron chi connectivity index (χ1n) is 2.74. The average Bonchev–Trinajstić information content (AvgIpc) is 1.83. The maximum absolute atomic E-state index is 8.17. The van der Waals surface area contributed by atoms with Crippen molar-refractivity contribution in [2.75, 3.05) is 0 Å². The summed E-state index contributed by atoms with van der Waals surface area (Å²) in [6, 6.07) is 0. The molecule has 3 heteroatoms. The van der Waals surface area contributed by atoms with Gasteiger partial charge in [-0.05, 0) is 12.8 Å². The third-order valence-electron chi connectivity index (χ3n) is 0.882. The average molecular weight is 133 g/mol. The topological polar surface area (TPSA) is 32.3 Å². The van der Waals surface area contributed by atoms with Gasteiger partial charge in [-0.15, -0.1) is 0 Å². The summed E-state index contributed by atoms with van der Waals surface area (Å²) in [6.07, 6.45) is 2.95. The fraction of sp³-hybridized carbons (Fsp3) is 0.800. The standard InChI is InChI=1S/C5H11NOS/c1-2-3-4-5(8)6-7/h7H,2-4H2,1H3,(H,6,8). The molecule has 0 aromatic rings. The fourth-order valence-corrected chi connectivity index (χ4v) is 0.538. The summed E-state index contributed by atoms with van der Waals surface area (Å²) in [7, 11) is 0. The Hall–Kier alpha value is -0.150. The monoisotopic (exact) mass is 133 g/mol. The molecule has 8 heavy (non-hydrogen) atoms. The Bertz CT molecular complexity index is 74.8. The molecule has 0 saturated heterocycles. The smallest absolute Gasteiger partial charge is 0.100 e. The van der Waals surface area contributed by atoms with Crippen molar-refractivity contribution in [1.29, 1.82) is 0 Å². The molecule has 0 atom stereocenters. The van der Waals surface area contributed by atoms with E-state index in [-0.39, 0.29) is 0 Å². The van der Waals surface area contributed by atoms with Crippen molar-refractivity contribution >= 4 is 17.2 Å². The van der Waals surface area contributed by atoms with E-state index in [1.807, 2.05) is 5.48 Å². The molecule has 0 aliphatic heterocycles. The minimum absolute atomic E-state index is 0.534. The van der Waals surface area contributed by atoms with Crippen LogP contribution in [-0.2, 0) is 0 Å². The van der Waals surface area contributed by atoms with E-state index in [1.54, 1.807) is 0 Å². The predicted octanol–water partition coefficient (Wildman–Crippen LogP) is 1.48. The summed E-state index contributed by atoms with van der Waals surface area (Å²) in [5, 5.41) is 8.17. The van der Waals surface area contributed by atoms with E-state index in [9.17, 15) is 0 Å². The molecule has 2 nitrogen and oxygen atoms in total. The lowest BCUT2D eigenvalue weighted by atomic mass is 10.2. The van der Waals surface area contributed by atoms with Crippen molar-refractivity contribution in [3.05, 3.63) is 0 Å². The Morgan fingerprint density at radius 1 is 1.75 bits per heavy atom. The Kier molecular flexibility index (Phi) is 4.90. The molecule has 0 bridgehead atoms. The normalized spacial score (nSPS) is 8.75. The van der Waals surface area contributed by atoms with Gasteiger partial charge in [0.15, 0.2) is 0 Å². The van der Waals surface area contributed by atoms with E-state index in [1.165, 1.54) is 0 Å². The molecule has 0 aliphatic carbocycles. The largest absolute Gasteiger partial charge is 0.291 e. The molecule has 0 aromatic carbocycles. The van der Waals surface area contributed by atoms with Crippen LogP contribution in [0.4, 0.5) is 0 Å². The molecule has 0 heterocycles. The SMILES string of the molecule is CCCCC(=S)NO. The third kappa shape index (κ3) is 4.02. The van der Waals surface area contributed by atoms with Crippen molar-refractivity contribution in [1.82, 2.24) is 5.48 Å². The summed E-state index contributed by atoms with van der Waals surface area (Å²) >= 11 is 4.66. The third-order valence-corrected chi connectivity index (χ3v) is 1.18. The molecule has 0 radical (unpaired) electrons. The quantitative estimate of drug-likeness (QED) is 0.452. The van der Waals surface area contributed by atoms with Crippen LogP contribution in [0, 0.1) is 0 Å². The van der Waals surface area contributed by atoms with Gasteiger partial charge in [0.1, 0.15) is 4.99 Å². The number of hydrogen-bond acceptors (Lipinski definition) is 2. The molecule has 0 amide bonds. The second-order valence-electron chi connectivity index (χ2n) is 1.64. The number of unbranched alkanes of at least 4 members (excludes halogenated alkanes) is 1. The van der Waals surface area contributed by atoms with Crippen LogP contribution in [0.2, 0.25) is 0 Å². The molecule has 0 unspecified atom stereocenters. The first-order chi connectivity index (χ1) is 3.81. The summed E-state index contributed by atoms with van der Waals surface area (Å²) in [5.41, 5.74) is 1.93. The van der Waals surface area contributed by atoms with Crippen molar-refractivity contribution in [3.63, 3.8) is 0 Å². The zero-order valence-electron chi connectivity index (χ0n) is 4.98. The second kappa shape index (κ2) is 5.00. The van der Waals surface area contributed by atoms with Crippen LogP contribution in [-0.4, -0.2) is 10.2 Å². The molecule has 0 fully saturated rings. The van der Waals surface area contributed by atoms with Gasteiger partial charge in [-0.2, -0.15) is 0 Å². The predicted molar refractivity (Wildman–Crippen MR) is 37.0 cm³/mol. The zero-order valence-corrected chi connectivity index (χ0v) is 5.79. The van der Waals surface area contributed by atoms with Crippen LogP contribution in [0.15, 0.2) is 0 Å².